The fraction of sp³-hybridized carbons (Fsp3) is 0.100. The van der Waals surface area contributed by atoms with Crippen LogP contribution >= 0.6 is 15.9 Å². The third-order valence-corrected chi connectivity index (χ3v) is 2.71. The molecule has 2 aromatic rings. The SMILES string of the molecule is O=[N+]([O-])c1nn(Cc2ccc(O)cc2)cc1Br. The van der Waals surface area contributed by atoms with E-state index in [1.807, 2.05) is 0 Å². The normalized spacial score (nSPS) is 10.4. The van der Waals surface area contributed by atoms with Crippen molar-refractivity contribution in [2.24, 2.45) is 0 Å². The van der Waals surface area contributed by atoms with E-state index in [9.17, 15) is 10.1 Å². The van der Waals surface area contributed by atoms with Crippen LogP contribution in [0.5, 0.6) is 5.75 Å². The molecular formula is C10H8BrN3O3. The van der Waals surface area contributed by atoms with Gasteiger partial charge < -0.3 is 15.2 Å². The van der Waals surface area contributed by atoms with Crippen LogP contribution in [0.1, 0.15) is 5.56 Å². The third kappa shape index (κ3) is 2.62. The van der Waals surface area contributed by atoms with Crippen LogP contribution < -0.4 is 0 Å². The van der Waals surface area contributed by atoms with Gasteiger partial charge in [0, 0.05) is 0 Å². The lowest BCUT2D eigenvalue weighted by Gasteiger charge is -1.98. The second kappa shape index (κ2) is 4.54. The molecule has 1 N–H and O–H groups in total. The Morgan fingerprint density at radius 2 is 2.06 bits per heavy atom. The fourth-order valence-corrected chi connectivity index (χ4v) is 1.84. The summed E-state index contributed by atoms with van der Waals surface area (Å²) in [6.07, 6.45) is 1.55. The van der Waals surface area contributed by atoms with E-state index in [4.69, 9.17) is 5.11 Å². The van der Waals surface area contributed by atoms with E-state index in [0.29, 0.717) is 11.0 Å². The molecule has 0 unspecified atom stereocenters. The molecule has 1 heterocycles. The molecule has 7 heteroatoms. The summed E-state index contributed by atoms with van der Waals surface area (Å²) in [6.45, 7) is 0.409. The van der Waals surface area contributed by atoms with Gasteiger partial charge in [-0.3, -0.25) is 0 Å². The first-order chi connectivity index (χ1) is 8.06. The Kier molecular flexibility index (Phi) is 3.10. The highest BCUT2D eigenvalue weighted by Crippen LogP contribution is 2.22. The van der Waals surface area contributed by atoms with Crippen molar-refractivity contribution in [3.05, 3.63) is 50.6 Å². The first-order valence-corrected chi connectivity index (χ1v) is 5.51. The van der Waals surface area contributed by atoms with Crippen molar-refractivity contribution < 1.29 is 10.0 Å². The molecule has 0 atom stereocenters. The number of aromatic nitrogens is 2. The molecule has 0 spiro atoms. The molecule has 1 aromatic carbocycles. The van der Waals surface area contributed by atoms with Gasteiger partial charge in [0.05, 0.1) is 17.8 Å². The second-order valence-electron chi connectivity index (χ2n) is 3.42. The van der Waals surface area contributed by atoms with Crippen molar-refractivity contribution in [3.63, 3.8) is 0 Å². The van der Waals surface area contributed by atoms with Gasteiger partial charge in [-0.2, -0.15) is 4.68 Å². The molecule has 0 fully saturated rings. The largest absolute Gasteiger partial charge is 0.508 e. The Labute approximate surface area is 105 Å². The number of nitrogens with zero attached hydrogens (tertiary/aromatic N) is 3. The van der Waals surface area contributed by atoms with Gasteiger partial charge in [-0.05, 0) is 38.5 Å². The minimum absolute atomic E-state index is 0.182. The quantitative estimate of drug-likeness (QED) is 0.696. The number of phenols is 1. The van der Waals surface area contributed by atoms with Crippen LogP contribution in [-0.4, -0.2) is 19.8 Å². The van der Waals surface area contributed by atoms with Crippen LogP contribution in [-0.2, 0) is 6.54 Å². The van der Waals surface area contributed by atoms with Gasteiger partial charge >= 0.3 is 5.82 Å². The Hall–Kier alpha value is -1.89. The molecule has 0 saturated heterocycles. The molecule has 17 heavy (non-hydrogen) atoms. The Balaban J connectivity index is 2.22. The summed E-state index contributed by atoms with van der Waals surface area (Å²) < 4.78 is 1.82. The fourth-order valence-electron chi connectivity index (χ4n) is 1.38. The van der Waals surface area contributed by atoms with Gasteiger partial charge in [0.2, 0.25) is 0 Å². The van der Waals surface area contributed by atoms with E-state index in [1.54, 1.807) is 30.5 Å². The summed E-state index contributed by atoms with van der Waals surface area (Å²) in [5.74, 6) is -0.0230. The third-order valence-electron chi connectivity index (χ3n) is 2.15. The molecule has 2 rings (SSSR count). The summed E-state index contributed by atoms with van der Waals surface area (Å²) in [7, 11) is 0. The molecule has 88 valence electrons. The summed E-state index contributed by atoms with van der Waals surface area (Å²) in [6, 6.07) is 6.58. The highest BCUT2D eigenvalue weighted by Gasteiger charge is 2.18. The predicted octanol–water partition coefficient (Wildman–Crippen LogP) is 2.31. The van der Waals surface area contributed by atoms with Crippen molar-refractivity contribution in [1.82, 2.24) is 9.78 Å². The topological polar surface area (TPSA) is 81.2 Å². The lowest BCUT2D eigenvalue weighted by molar-refractivity contribution is -0.390. The second-order valence-corrected chi connectivity index (χ2v) is 4.28. The van der Waals surface area contributed by atoms with Gasteiger partial charge in [-0.25, -0.2) is 0 Å². The monoisotopic (exact) mass is 297 g/mol. The standard InChI is InChI=1S/C10H8BrN3O3/c11-9-6-13(12-10(9)14(16)17)5-7-1-3-8(15)4-2-7/h1-4,6,15H,5H2. The van der Waals surface area contributed by atoms with Crippen LogP contribution in [0.2, 0.25) is 0 Å². The van der Waals surface area contributed by atoms with E-state index in [1.165, 1.54) is 4.68 Å². The smallest absolute Gasteiger partial charge is 0.404 e. The molecule has 0 aliphatic rings. The number of aromatic hydroxyl groups is 1. The first kappa shape index (κ1) is 11.6. The van der Waals surface area contributed by atoms with Crippen molar-refractivity contribution >= 4 is 21.7 Å². The zero-order valence-electron chi connectivity index (χ0n) is 8.58. The summed E-state index contributed by atoms with van der Waals surface area (Å²) in [5.41, 5.74) is 0.896. The van der Waals surface area contributed by atoms with Gasteiger partial charge in [0.25, 0.3) is 0 Å². The van der Waals surface area contributed by atoms with Crippen LogP contribution in [0.4, 0.5) is 5.82 Å². The Bertz CT molecular complexity index is 550. The molecule has 6 nitrogen and oxygen atoms in total. The zero-order chi connectivity index (χ0) is 12.4. The maximum Gasteiger partial charge on any atom is 0.404 e. The molecule has 0 aliphatic heterocycles. The minimum atomic E-state index is -0.544. The van der Waals surface area contributed by atoms with Crippen LogP contribution in [0, 0.1) is 10.1 Å². The Morgan fingerprint density at radius 3 is 2.59 bits per heavy atom. The van der Waals surface area contributed by atoms with Gasteiger partial charge in [-0.15, -0.1) is 0 Å². The van der Waals surface area contributed by atoms with E-state index in [-0.39, 0.29) is 11.6 Å². The maximum atomic E-state index is 10.6. The molecule has 0 saturated carbocycles. The molecule has 0 radical (unpaired) electrons. The molecule has 0 amide bonds. The number of nitro groups is 1. The number of benzene rings is 1. The highest BCUT2D eigenvalue weighted by molar-refractivity contribution is 9.10. The minimum Gasteiger partial charge on any atom is -0.508 e. The van der Waals surface area contributed by atoms with Crippen LogP contribution in [0.15, 0.2) is 34.9 Å². The lowest BCUT2D eigenvalue weighted by Crippen LogP contribution is -2.00. The average Bonchev–Trinajstić information content (AvgIpc) is 2.63. The number of phenolic OH excluding ortho intramolecular Hbond substituents is 1. The van der Waals surface area contributed by atoms with E-state index in [0.717, 1.165) is 5.56 Å². The van der Waals surface area contributed by atoms with Gasteiger partial charge in [0.15, 0.2) is 0 Å². The average molecular weight is 298 g/mol. The molecule has 0 aliphatic carbocycles. The molecule has 0 bridgehead atoms. The summed E-state index contributed by atoms with van der Waals surface area (Å²) >= 11 is 3.08. The van der Waals surface area contributed by atoms with E-state index >= 15 is 0 Å². The number of halogens is 1. The van der Waals surface area contributed by atoms with Gasteiger partial charge in [0.1, 0.15) is 10.2 Å². The van der Waals surface area contributed by atoms with E-state index in [2.05, 4.69) is 21.0 Å². The van der Waals surface area contributed by atoms with Crippen molar-refractivity contribution in [3.8, 4) is 5.75 Å². The molecule has 1 aromatic heterocycles. The summed E-state index contributed by atoms with van der Waals surface area (Å²) in [5, 5.41) is 23.6. The Morgan fingerprint density at radius 1 is 1.41 bits per heavy atom. The van der Waals surface area contributed by atoms with Crippen molar-refractivity contribution in [1.29, 1.82) is 0 Å². The highest BCUT2D eigenvalue weighted by atomic mass is 79.9. The van der Waals surface area contributed by atoms with Crippen LogP contribution in [0.3, 0.4) is 0 Å². The van der Waals surface area contributed by atoms with Crippen LogP contribution in [0.25, 0.3) is 0 Å². The van der Waals surface area contributed by atoms with Gasteiger partial charge in [-0.1, -0.05) is 12.1 Å². The zero-order valence-corrected chi connectivity index (χ0v) is 10.2. The first-order valence-electron chi connectivity index (χ1n) is 4.71. The maximum absolute atomic E-state index is 10.6. The lowest BCUT2D eigenvalue weighted by atomic mass is 10.2. The molecular weight excluding hydrogens is 290 g/mol. The summed E-state index contributed by atoms with van der Waals surface area (Å²) in [4.78, 5) is 10.1. The van der Waals surface area contributed by atoms with Crippen molar-refractivity contribution in [2.75, 3.05) is 0 Å². The number of rotatable bonds is 3. The number of hydrogen-bond acceptors (Lipinski definition) is 4. The number of hydrogen-bond donors (Lipinski definition) is 1. The van der Waals surface area contributed by atoms with Crippen molar-refractivity contribution in [2.45, 2.75) is 6.54 Å². The predicted molar refractivity (Wildman–Crippen MR) is 63.8 cm³/mol. The van der Waals surface area contributed by atoms with E-state index < -0.39 is 4.92 Å².